The van der Waals surface area contributed by atoms with Crippen LogP contribution in [0, 0.1) is 5.82 Å². The molecule has 0 bridgehead atoms. The normalized spacial score (nSPS) is 16.2. The molecule has 1 aromatic heterocycles. The summed E-state index contributed by atoms with van der Waals surface area (Å²) in [6, 6.07) is 12.8. The molecule has 2 aliphatic rings. The minimum Gasteiger partial charge on any atom is -0.451 e. The molecule has 0 unspecified atom stereocenters. The van der Waals surface area contributed by atoms with E-state index in [2.05, 4.69) is 5.32 Å². The number of ether oxygens (including phenoxy) is 1. The number of fused-ring (bicyclic) bond motifs is 3. The monoisotopic (exact) mass is 501 g/mol. The number of rotatable bonds is 6. The van der Waals surface area contributed by atoms with E-state index in [1.807, 2.05) is 41.3 Å². The zero-order valence-electron chi connectivity index (χ0n) is 20.3. The Morgan fingerprint density at radius 2 is 1.95 bits per heavy atom. The fourth-order valence-corrected chi connectivity index (χ4v) is 5.30. The number of hydrogen-bond acceptors (Lipinski definition) is 6. The second-order valence-corrected chi connectivity index (χ2v) is 9.69. The van der Waals surface area contributed by atoms with Crippen LogP contribution in [0.15, 0.2) is 53.5 Å². The Balaban J connectivity index is 1.60. The molecule has 0 radical (unpaired) electrons. The summed E-state index contributed by atoms with van der Waals surface area (Å²) in [6.07, 6.45) is 3.73. The third-order valence-corrected chi connectivity index (χ3v) is 7.17. The van der Waals surface area contributed by atoms with E-state index in [0.29, 0.717) is 49.6 Å². The zero-order valence-corrected chi connectivity index (χ0v) is 20.3. The number of benzene rings is 3. The number of carbonyl (C=O) groups is 1. The Morgan fingerprint density at radius 3 is 2.68 bits per heavy atom. The van der Waals surface area contributed by atoms with Gasteiger partial charge in [0.15, 0.2) is 17.3 Å². The van der Waals surface area contributed by atoms with E-state index in [-0.39, 0.29) is 28.4 Å². The largest absolute Gasteiger partial charge is 0.451 e. The predicted molar refractivity (Wildman–Crippen MR) is 143 cm³/mol. The Morgan fingerprint density at radius 1 is 1.16 bits per heavy atom. The van der Waals surface area contributed by atoms with E-state index >= 15 is 4.39 Å². The first-order chi connectivity index (χ1) is 18.0. The molecule has 6 rings (SSSR count). The fourth-order valence-electron chi connectivity index (χ4n) is 5.30. The van der Waals surface area contributed by atoms with Crippen molar-refractivity contribution in [3.63, 3.8) is 0 Å². The standard InChI is InChI=1S/C28H28FN5O3/c29-21-13-19-24-27(25(21)33-10-7-18(31)14-33)37-23-12-17-6-2-1-5-16(17)11-22(23)34(24)15-20(26(19)35)28(36)32-9-4-3-8-30/h1-2,5-6,11-13,15,18H,3-4,7-10,14,30-31H2,(H,32,36)/t18-/m1/s1. The summed E-state index contributed by atoms with van der Waals surface area (Å²) in [4.78, 5) is 28.4. The summed E-state index contributed by atoms with van der Waals surface area (Å²) in [5, 5.41) is 4.82. The number of pyridine rings is 1. The van der Waals surface area contributed by atoms with Crippen molar-refractivity contribution < 1.29 is 13.9 Å². The highest BCUT2D eigenvalue weighted by Gasteiger charge is 2.32. The van der Waals surface area contributed by atoms with Gasteiger partial charge in [-0.25, -0.2) is 4.39 Å². The van der Waals surface area contributed by atoms with Crippen molar-refractivity contribution in [2.24, 2.45) is 11.5 Å². The van der Waals surface area contributed by atoms with Crippen molar-refractivity contribution >= 4 is 33.3 Å². The second kappa shape index (κ2) is 9.17. The van der Waals surface area contributed by atoms with Gasteiger partial charge in [-0.1, -0.05) is 24.3 Å². The van der Waals surface area contributed by atoms with Gasteiger partial charge in [0.2, 0.25) is 5.43 Å². The van der Waals surface area contributed by atoms with Crippen LogP contribution in [0.3, 0.4) is 0 Å². The molecule has 37 heavy (non-hydrogen) atoms. The number of hydrogen-bond donors (Lipinski definition) is 3. The topological polar surface area (TPSA) is 116 Å². The van der Waals surface area contributed by atoms with Gasteiger partial charge in [0.05, 0.1) is 11.1 Å². The first-order valence-electron chi connectivity index (χ1n) is 12.6. The molecular weight excluding hydrogens is 473 g/mol. The average Bonchev–Trinajstić information content (AvgIpc) is 3.32. The molecule has 5 N–H and O–H groups in total. The van der Waals surface area contributed by atoms with Gasteiger partial charge in [-0.2, -0.15) is 0 Å². The van der Waals surface area contributed by atoms with Crippen molar-refractivity contribution in [3.05, 3.63) is 70.3 Å². The minimum absolute atomic E-state index is 0.0532. The number of nitrogens with zero attached hydrogens (tertiary/aromatic N) is 2. The highest BCUT2D eigenvalue weighted by atomic mass is 19.1. The molecule has 4 aromatic rings. The Bertz CT molecular complexity index is 1620. The van der Waals surface area contributed by atoms with E-state index in [9.17, 15) is 9.59 Å². The van der Waals surface area contributed by atoms with Gasteiger partial charge in [-0.15, -0.1) is 0 Å². The fraction of sp³-hybridized carbons (Fsp3) is 0.286. The van der Waals surface area contributed by atoms with Crippen molar-refractivity contribution in [1.82, 2.24) is 9.88 Å². The van der Waals surface area contributed by atoms with Crippen LogP contribution in [-0.2, 0) is 0 Å². The molecule has 0 saturated carbocycles. The number of halogens is 1. The quantitative estimate of drug-likeness (QED) is 0.307. The number of amides is 1. The molecule has 2 aliphatic heterocycles. The van der Waals surface area contributed by atoms with Gasteiger partial charge < -0.3 is 31.0 Å². The average molecular weight is 502 g/mol. The number of carbonyl (C=O) groups excluding carboxylic acids is 1. The highest BCUT2D eigenvalue weighted by molar-refractivity contribution is 6.02. The van der Waals surface area contributed by atoms with Crippen LogP contribution in [0.5, 0.6) is 11.5 Å². The summed E-state index contributed by atoms with van der Waals surface area (Å²) in [6.45, 7) is 1.98. The number of unbranched alkanes of at least 4 members (excludes halogenated alkanes) is 1. The van der Waals surface area contributed by atoms with Crippen LogP contribution in [0.25, 0.3) is 27.4 Å². The Labute approximate surface area is 212 Å². The molecule has 9 heteroatoms. The van der Waals surface area contributed by atoms with E-state index in [0.717, 1.165) is 23.6 Å². The van der Waals surface area contributed by atoms with E-state index in [1.165, 1.54) is 6.07 Å². The molecule has 1 saturated heterocycles. The molecule has 3 heterocycles. The SMILES string of the molecule is NCCCCNC(=O)c1cn2c3c(c(N4CC[C@@H](N)C4)c(F)cc3c1=O)Oc1cc3ccccc3cc1-2. The van der Waals surface area contributed by atoms with Crippen molar-refractivity contribution in [2.75, 3.05) is 31.1 Å². The molecule has 1 atom stereocenters. The van der Waals surface area contributed by atoms with E-state index in [4.69, 9.17) is 16.2 Å². The molecule has 190 valence electrons. The smallest absolute Gasteiger partial charge is 0.256 e. The first-order valence-corrected chi connectivity index (χ1v) is 12.6. The maximum atomic E-state index is 15.7. The maximum absolute atomic E-state index is 15.7. The molecular formula is C28H28FN5O3. The second-order valence-electron chi connectivity index (χ2n) is 9.69. The van der Waals surface area contributed by atoms with Crippen LogP contribution in [0.1, 0.15) is 29.6 Å². The maximum Gasteiger partial charge on any atom is 0.256 e. The lowest BCUT2D eigenvalue weighted by Crippen LogP contribution is -2.31. The minimum atomic E-state index is -0.579. The predicted octanol–water partition coefficient (Wildman–Crippen LogP) is 3.39. The summed E-state index contributed by atoms with van der Waals surface area (Å²) in [7, 11) is 0. The van der Waals surface area contributed by atoms with Crippen LogP contribution < -0.4 is 31.8 Å². The molecule has 1 amide bonds. The summed E-state index contributed by atoms with van der Waals surface area (Å²) < 4.78 is 23.9. The molecule has 3 aromatic carbocycles. The summed E-state index contributed by atoms with van der Waals surface area (Å²) in [5.41, 5.74) is 12.5. The van der Waals surface area contributed by atoms with Gasteiger partial charge in [-0.3, -0.25) is 9.59 Å². The Kier molecular flexibility index (Phi) is 5.81. The van der Waals surface area contributed by atoms with Crippen LogP contribution >= 0.6 is 0 Å². The lowest BCUT2D eigenvalue weighted by Gasteiger charge is -2.29. The number of aromatic nitrogens is 1. The van der Waals surface area contributed by atoms with Crippen LogP contribution in [0.4, 0.5) is 10.1 Å². The third-order valence-electron chi connectivity index (χ3n) is 7.17. The molecule has 0 aliphatic carbocycles. The molecule has 1 fully saturated rings. The highest BCUT2D eigenvalue weighted by Crippen LogP contribution is 2.48. The van der Waals surface area contributed by atoms with Crippen LogP contribution in [-0.4, -0.2) is 42.7 Å². The molecule has 8 nitrogen and oxygen atoms in total. The van der Waals surface area contributed by atoms with Gasteiger partial charge in [0.25, 0.3) is 5.91 Å². The van der Waals surface area contributed by atoms with Gasteiger partial charge in [-0.05, 0) is 54.8 Å². The van der Waals surface area contributed by atoms with Gasteiger partial charge in [0, 0.05) is 31.9 Å². The molecule has 0 spiro atoms. The van der Waals surface area contributed by atoms with E-state index < -0.39 is 17.2 Å². The lowest BCUT2D eigenvalue weighted by atomic mass is 10.0. The van der Waals surface area contributed by atoms with Crippen LogP contribution in [0.2, 0.25) is 0 Å². The van der Waals surface area contributed by atoms with E-state index in [1.54, 1.807) is 10.8 Å². The Hall–Kier alpha value is -3.95. The van der Waals surface area contributed by atoms with Gasteiger partial charge in [0.1, 0.15) is 16.8 Å². The summed E-state index contributed by atoms with van der Waals surface area (Å²) >= 11 is 0. The summed E-state index contributed by atoms with van der Waals surface area (Å²) in [5.74, 6) is -0.303. The third kappa shape index (κ3) is 3.91. The number of nitrogens with one attached hydrogen (secondary N) is 1. The van der Waals surface area contributed by atoms with Crippen molar-refractivity contribution in [1.29, 1.82) is 0 Å². The zero-order chi connectivity index (χ0) is 25.7. The number of anilines is 1. The van der Waals surface area contributed by atoms with Gasteiger partial charge >= 0.3 is 0 Å². The van der Waals surface area contributed by atoms with Crippen molar-refractivity contribution in [2.45, 2.75) is 25.3 Å². The van der Waals surface area contributed by atoms with Crippen molar-refractivity contribution in [3.8, 4) is 17.2 Å². The lowest BCUT2D eigenvalue weighted by molar-refractivity contribution is 0.0951. The first kappa shape index (κ1) is 23.4. The number of nitrogens with two attached hydrogens (primary N) is 2.